The average Bonchev–Trinajstić information content (AvgIpc) is 1.60. The van der Waals surface area contributed by atoms with Crippen molar-refractivity contribution in [2.24, 2.45) is 11.7 Å². The molecule has 1 atom stereocenters. The molecule has 0 saturated heterocycles. The van der Waals surface area contributed by atoms with Crippen LogP contribution >= 0.6 is 0 Å². The van der Waals surface area contributed by atoms with E-state index in [2.05, 4.69) is 13.8 Å². The van der Waals surface area contributed by atoms with Crippen molar-refractivity contribution >= 4 is 0 Å². The lowest BCUT2D eigenvalue weighted by molar-refractivity contribution is 0.177. The van der Waals surface area contributed by atoms with E-state index in [1.165, 1.54) is 19.3 Å². The third-order valence-electron chi connectivity index (χ3n) is 2.80. The first-order valence-electron chi connectivity index (χ1n) is 3.95. The first-order valence-corrected chi connectivity index (χ1v) is 3.95. The van der Waals surface area contributed by atoms with E-state index in [-0.39, 0.29) is 5.54 Å². The van der Waals surface area contributed by atoms with Crippen molar-refractivity contribution in [3.63, 3.8) is 0 Å². The van der Waals surface area contributed by atoms with Gasteiger partial charge in [-0.1, -0.05) is 13.3 Å². The highest BCUT2D eigenvalue weighted by Crippen LogP contribution is 2.35. The zero-order valence-electron chi connectivity index (χ0n) is 6.48. The molecule has 1 rings (SSSR count). The van der Waals surface area contributed by atoms with Crippen LogP contribution in [-0.4, -0.2) is 5.54 Å². The first kappa shape index (κ1) is 7.07. The lowest BCUT2D eigenvalue weighted by atomic mass is 9.71. The normalized spacial score (nSPS) is 27.0. The van der Waals surface area contributed by atoms with Gasteiger partial charge in [-0.15, -0.1) is 0 Å². The van der Waals surface area contributed by atoms with Crippen molar-refractivity contribution in [2.45, 2.75) is 45.1 Å². The fraction of sp³-hybridized carbons (Fsp3) is 1.00. The van der Waals surface area contributed by atoms with Gasteiger partial charge in [0.15, 0.2) is 0 Å². The van der Waals surface area contributed by atoms with Crippen molar-refractivity contribution in [3.05, 3.63) is 0 Å². The van der Waals surface area contributed by atoms with Gasteiger partial charge in [0.1, 0.15) is 0 Å². The lowest BCUT2D eigenvalue weighted by Crippen LogP contribution is -2.46. The summed E-state index contributed by atoms with van der Waals surface area (Å²) in [6, 6.07) is 0. The minimum Gasteiger partial charge on any atom is -0.325 e. The highest BCUT2D eigenvalue weighted by molar-refractivity contribution is 4.90. The molecule has 1 unspecified atom stereocenters. The maximum absolute atomic E-state index is 6.02. The fourth-order valence-corrected chi connectivity index (χ4v) is 1.36. The average molecular weight is 127 g/mol. The summed E-state index contributed by atoms with van der Waals surface area (Å²) in [5, 5.41) is 0. The van der Waals surface area contributed by atoms with Crippen LogP contribution in [-0.2, 0) is 0 Å². The zero-order valence-corrected chi connectivity index (χ0v) is 6.48. The van der Waals surface area contributed by atoms with Crippen LogP contribution in [0.3, 0.4) is 0 Å². The van der Waals surface area contributed by atoms with E-state index in [1.54, 1.807) is 0 Å². The Hall–Kier alpha value is -0.0400. The Labute approximate surface area is 57.6 Å². The molecule has 9 heavy (non-hydrogen) atoms. The van der Waals surface area contributed by atoms with Crippen molar-refractivity contribution in [3.8, 4) is 0 Å². The maximum Gasteiger partial charge on any atom is 0.0151 e. The summed E-state index contributed by atoms with van der Waals surface area (Å²) in [7, 11) is 0. The van der Waals surface area contributed by atoms with Crippen LogP contribution in [0.4, 0.5) is 0 Å². The summed E-state index contributed by atoms with van der Waals surface area (Å²) in [5.41, 5.74) is 6.16. The van der Waals surface area contributed by atoms with E-state index in [4.69, 9.17) is 5.73 Å². The van der Waals surface area contributed by atoms with Gasteiger partial charge in [-0.2, -0.15) is 0 Å². The predicted octanol–water partition coefficient (Wildman–Crippen LogP) is 1.91. The Morgan fingerprint density at radius 3 is 2.22 bits per heavy atom. The van der Waals surface area contributed by atoms with Crippen LogP contribution in [0.5, 0.6) is 0 Å². The molecule has 0 amide bonds. The maximum atomic E-state index is 6.02. The molecule has 0 aromatic rings. The van der Waals surface area contributed by atoms with Crippen LogP contribution in [0.2, 0.25) is 0 Å². The van der Waals surface area contributed by atoms with Crippen molar-refractivity contribution in [2.75, 3.05) is 0 Å². The van der Waals surface area contributed by atoms with Crippen molar-refractivity contribution < 1.29 is 0 Å². The van der Waals surface area contributed by atoms with Gasteiger partial charge in [-0.05, 0) is 32.1 Å². The lowest BCUT2D eigenvalue weighted by Gasteiger charge is -2.39. The molecule has 0 radical (unpaired) electrons. The van der Waals surface area contributed by atoms with Gasteiger partial charge in [-0.25, -0.2) is 0 Å². The van der Waals surface area contributed by atoms with Crippen LogP contribution in [0.25, 0.3) is 0 Å². The largest absolute Gasteiger partial charge is 0.325 e. The molecule has 0 aliphatic heterocycles. The SMILES string of the molecule is CCC(C)(N)C1CCC1. The first-order chi connectivity index (χ1) is 4.17. The Morgan fingerprint density at radius 2 is 2.11 bits per heavy atom. The Bertz CT molecular complexity index is 92.7. The molecule has 1 aliphatic rings. The van der Waals surface area contributed by atoms with Crippen LogP contribution in [0, 0.1) is 5.92 Å². The van der Waals surface area contributed by atoms with E-state index in [0.717, 1.165) is 12.3 Å². The monoisotopic (exact) mass is 127 g/mol. The standard InChI is InChI=1S/C8H17N/c1-3-8(2,9)7-5-4-6-7/h7H,3-6,9H2,1-2H3. The van der Waals surface area contributed by atoms with E-state index in [0.29, 0.717) is 0 Å². The molecule has 1 nitrogen and oxygen atoms in total. The summed E-state index contributed by atoms with van der Waals surface area (Å²) >= 11 is 0. The second-order valence-corrected chi connectivity index (χ2v) is 3.49. The highest BCUT2D eigenvalue weighted by atomic mass is 14.7. The summed E-state index contributed by atoms with van der Waals surface area (Å²) in [6.07, 6.45) is 5.25. The van der Waals surface area contributed by atoms with Crippen molar-refractivity contribution in [1.29, 1.82) is 0 Å². The molecule has 2 N–H and O–H groups in total. The molecule has 54 valence electrons. The predicted molar refractivity (Wildman–Crippen MR) is 40.2 cm³/mol. The van der Waals surface area contributed by atoms with E-state index in [1.807, 2.05) is 0 Å². The molecule has 0 bridgehead atoms. The molecule has 1 fully saturated rings. The topological polar surface area (TPSA) is 26.0 Å². The van der Waals surface area contributed by atoms with E-state index < -0.39 is 0 Å². The number of hydrogen-bond acceptors (Lipinski definition) is 1. The fourth-order valence-electron chi connectivity index (χ4n) is 1.36. The Balaban J connectivity index is 2.37. The van der Waals surface area contributed by atoms with Gasteiger partial charge in [0.2, 0.25) is 0 Å². The van der Waals surface area contributed by atoms with Gasteiger partial charge >= 0.3 is 0 Å². The minimum absolute atomic E-state index is 0.137. The number of hydrogen-bond donors (Lipinski definition) is 1. The summed E-state index contributed by atoms with van der Waals surface area (Å²) in [6.45, 7) is 4.36. The highest BCUT2D eigenvalue weighted by Gasteiger charge is 2.32. The van der Waals surface area contributed by atoms with Crippen LogP contribution in [0.1, 0.15) is 39.5 Å². The zero-order chi connectivity index (χ0) is 6.91. The number of nitrogens with two attached hydrogens (primary N) is 1. The summed E-state index contributed by atoms with van der Waals surface area (Å²) in [4.78, 5) is 0. The molecule has 1 heteroatoms. The van der Waals surface area contributed by atoms with Gasteiger partial charge in [0.25, 0.3) is 0 Å². The van der Waals surface area contributed by atoms with Crippen molar-refractivity contribution in [1.82, 2.24) is 0 Å². The smallest absolute Gasteiger partial charge is 0.0151 e. The third-order valence-corrected chi connectivity index (χ3v) is 2.80. The quantitative estimate of drug-likeness (QED) is 0.602. The molecule has 0 heterocycles. The van der Waals surface area contributed by atoms with Crippen LogP contribution in [0.15, 0.2) is 0 Å². The Morgan fingerprint density at radius 1 is 1.56 bits per heavy atom. The van der Waals surface area contributed by atoms with Gasteiger partial charge in [0.05, 0.1) is 0 Å². The summed E-state index contributed by atoms with van der Waals surface area (Å²) < 4.78 is 0. The van der Waals surface area contributed by atoms with Gasteiger partial charge < -0.3 is 5.73 Å². The van der Waals surface area contributed by atoms with E-state index in [9.17, 15) is 0 Å². The molecule has 0 aromatic carbocycles. The third kappa shape index (κ3) is 1.26. The molecule has 1 aliphatic carbocycles. The second-order valence-electron chi connectivity index (χ2n) is 3.49. The molecular weight excluding hydrogens is 110 g/mol. The van der Waals surface area contributed by atoms with Crippen LogP contribution < -0.4 is 5.73 Å². The van der Waals surface area contributed by atoms with E-state index >= 15 is 0 Å². The van der Waals surface area contributed by atoms with Gasteiger partial charge in [0, 0.05) is 5.54 Å². The second kappa shape index (κ2) is 2.30. The minimum atomic E-state index is 0.137. The molecule has 0 spiro atoms. The molecular formula is C8H17N. The molecule has 0 aromatic heterocycles. The molecule has 1 saturated carbocycles. The van der Waals surface area contributed by atoms with Gasteiger partial charge in [-0.3, -0.25) is 0 Å². The number of rotatable bonds is 2. The summed E-state index contributed by atoms with van der Waals surface area (Å²) in [5.74, 6) is 0.822. The Kier molecular flexibility index (Phi) is 1.80.